The molecule has 0 fully saturated rings. The molecule has 0 saturated heterocycles. The van der Waals surface area contributed by atoms with Gasteiger partial charge in [-0.2, -0.15) is 4.98 Å². The average Bonchev–Trinajstić information content (AvgIpc) is 2.65. The number of ether oxygens (including phenoxy) is 1. The zero-order valence-electron chi connectivity index (χ0n) is 9.43. The van der Waals surface area contributed by atoms with Gasteiger partial charge in [0.25, 0.3) is 0 Å². The van der Waals surface area contributed by atoms with Crippen LogP contribution in [0.15, 0.2) is 4.52 Å². The van der Waals surface area contributed by atoms with Crippen molar-refractivity contribution in [3.63, 3.8) is 0 Å². The lowest BCUT2D eigenvalue weighted by molar-refractivity contribution is 0.116. The van der Waals surface area contributed by atoms with Crippen molar-refractivity contribution in [2.75, 3.05) is 7.11 Å². The van der Waals surface area contributed by atoms with Crippen LogP contribution < -0.4 is 0 Å². The van der Waals surface area contributed by atoms with Crippen LogP contribution in [0.25, 0.3) is 0 Å². The van der Waals surface area contributed by atoms with E-state index in [0.29, 0.717) is 31.0 Å². The van der Waals surface area contributed by atoms with E-state index in [2.05, 4.69) is 10.1 Å². The Morgan fingerprint density at radius 3 is 2.80 bits per heavy atom. The molecule has 0 saturated carbocycles. The molecule has 0 amide bonds. The van der Waals surface area contributed by atoms with Gasteiger partial charge in [0.2, 0.25) is 5.89 Å². The molecule has 15 heavy (non-hydrogen) atoms. The van der Waals surface area contributed by atoms with Crippen LogP contribution in [-0.2, 0) is 17.6 Å². The van der Waals surface area contributed by atoms with E-state index < -0.39 is 6.10 Å². The first-order chi connectivity index (χ1) is 7.15. The fourth-order valence-electron chi connectivity index (χ4n) is 1.14. The molecule has 1 heterocycles. The van der Waals surface area contributed by atoms with Crippen molar-refractivity contribution in [2.45, 2.75) is 45.3 Å². The Kier molecular flexibility index (Phi) is 4.71. The molecule has 2 unspecified atom stereocenters. The molecule has 0 aromatic carbocycles. The third-order valence-corrected chi connectivity index (χ3v) is 2.26. The van der Waals surface area contributed by atoms with E-state index in [1.807, 2.05) is 13.8 Å². The molecule has 5 heteroatoms. The molecule has 0 aliphatic rings. The van der Waals surface area contributed by atoms with Gasteiger partial charge in [-0.15, -0.1) is 0 Å². The zero-order valence-corrected chi connectivity index (χ0v) is 9.43. The van der Waals surface area contributed by atoms with Crippen LogP contribution in [0, 0.1) is 0 Å². The van der Waals surface area contributed by atoms with Crippen molar-refractivity contribution in [3.8, 4) is 0 Å². The largest absolute Gasteiger partial charge is 0.393 e. The number of aromatic nitrogens is 2. The van der Waals surface area contributed by atoms with E-state index in [1.165, 1.54) is 0 Å². The van der Waals surface area contributed by atoms with E-state index in [4.69, 9.17) is 9.26 Å². The molecule has 0 radical (unpaired) electrons. The van der Waals surface area contributed by atoms with Gasteiger partial charge in [0.15, 0.2) is 5.82 Å². The number of hydrogen-bond acceptors (Lipinski definition) is 5. The molecule has 0 aliphatic heterocycles. The van der Waals surface area contributed by atoms with Gasteiger partial charge in [-0.05, 0) is 13.3 Å². The lowest BCUT2D eigenvalue weighted by atomic mass is 10.2. The smallest absolute Gasteiger partial charge is 0.229 e. The average molecular weight is 214 g/mol. The van der Waals surface area contributed by atoms with E-state index in [9.17, 15) is 5.11 Å². The number of rotatable bonds is 6. The predicted octanol–water partition coefficient (Wildman–Crippen LogP) is 0.960. The van der Waals surface area contributed by atoms with E-state index in [1.54, 1.807) is 7.11 Å². The second-order valence-electron chi connectivity index (χ2n) is 3.62. The fourth-order valence-corrected chi connectivity index (χ4v) is 1.14. The van der Waals surface area contributed by atoms with Gasteiger partial charge in [-0.1, -0.05) is 12.1 Å². The van der Waals surface area contributed by atoms with Crippen molar-refractivity contribution in [2.24, 2.45) is 0 Å². The Morgan fingerprint density at radius 1 is 1.47 bits per heavy atom. The Labute approximate surface area is 89.4 Å². The molecule has 1 aromatic heterocycles. The van der Waals surface area contributed by atoms with Gasteiger partial charge in [0.05, 0.1) is 18.6 Å². The van der Waals surface area contributed by atoms with Crippen LogP contribution in [0.1, 0.15) is 32.0 Å². The molecule has 0 spiro atoms. The summed E-state index contributed by atoms with van der Waals surface area (Å²) in [5, 5.41) is 13.2. The maximum atomic E-state index is 9.40. The predicted molar refractivity (Wildman–Crippen MR) is 54.5 cm³/mol. The van der Waals surface area contributed by atoms with Crippen molar-refractivity contribution in [3.05, 3.63) is 11.7 Å². The highest BCUT2D eigenvalue weighted by Gasteiger charge is 2.12. The summed E-state index contributed by atoms with van der Waals surface area (Å²) >= 11 is 0. The first kappa shape index (κ1) is 12.1. The summed E-state index contributed by atoms with van der Waals surface area (Å²) in [7, 11) is 1.65. The molecule has 5 nitrogen and oxygen atoms in total. The van der Waals surface area contributed by atoms with Crippen molar-refractivity contribution in [1.82, 2.24) is 10.1 Å². The third-order valence-electron chi connectivity index (χ3n) is 2.26. The number of hydrogen-bond donors (Lipinski definition) is 1. The number of methoxy groups -OCH3 is 1. The maximum Gasteiger partial charge on any atom is 0.229 e. The summed E-state index contributed by atoms with van der Waals surface area (Å²) in [6.07, 6.45) is 1.41. The topological polar surface area (TPSA) is 68.4 Å². The molecule has 1 rings (SSSR count). The zero-order chi connectivity index (χ0) is 11.3. The number of aliphatic hydroxyl groups is 1. The van der Waals surface area contributed by atoms with E-state index in [-0.39, 0.29) is 6.10 Å². The molecule has 0 aliphatic carbocycles. The first-order valence-electron chi connectivity index (χ1n) is 5.18. The Morgan fingerprint density at radius 2 is 2.20 bits per heavy atom. The molecular formula is C10H18N2O3. The van der Waals surface area contributed by atoms with Gasteiger partial charge in [0, 0.05) is 13.5 Å². The van der Waals surface area contributed by atoms with Crippen molar-refractivity contribution in [1.29, 1.82) is 0 Å². The molecule has 1 N–H and O–H groups in total. The summed E-state index contributed by atoms with van der Waals surface area (Å²) in [5.41, 5.74) is 0. The summed E-state index contributed by atoms with van der Waals surface area (Å²) in [6, 6.07) is 0. The second-order valence-corrected chi connectivity index (χ2v) is 3.62. The van der Waals surface area contributed by atoms with Crippen LogP contribution in [0.5, 0.6) is 0 Å². The lowest BCUT2D eigenvalue weighted by Gasteiger charge is -2.04. The van der Waals surface area contributed by atoms with Crippen molar-refractivity contribution >= 4 is 0 Å². The van der Waals surface area contributed by atoms with Gasteiger partial charge in [-0.25, -0.2) is 0 Å². The fraction of sp³-hybridized carbons (Fsp3) is 0.800. The number of nitrogens with zero attached hydrogens (tertiary/aromatic N) is 2. The highest BCUT2D eigenvalue weighted by molar-refractivity contribution is 4.89. The molecule has 0 bridgehead atoms. The minimum Gasteiger partial charge on any atom is -0.393 e. The number of aliphatic hydroxyl groups excluding tert-OH is 1. The summed E-state index contributed by atoms with van der Waals surface area (Å²) < 4.78 is 10.1. The van der Waals surface area contributed by atoms with Gasteiger partial charge in [0.1, 0.15) is 0 Å². The normalized spacial score (nSPS) is 15.2. The summed E-state index contributed by atoms with van der Waals surface area (Å²) in [6.45, 7) is 3.85. The van der Waals surface area contributed by atoms with Crippen LogP contribution in [0.3, 0.4) is 0 Å². The molecule has 86 valence electrons. The standard InChI is InChI=1S/C10H18N2O3/c1-4-8(13)6-10-11-9(12-15-10)5-7(2)14-3/h7-8,13H,4-6H2,1-3H3. The van der Waals surface area contributed by atoms with E-state index in [0.717, 1.165) is 0 Å². The Hall–Kier alpha value is -0.940. The van der Waals surface area contributed by atoms with Gasteiger partial charge in [-0.3, -0.25) is 0 Å². The molecule has 2 atom stereocenters. The molecule has 1 aromatic rings. The quantitative estimate of drug-likeness (QED) is 0.763. The maximum absolute atomic E-state index is 9.40. The Bertz CT molecular complexity index is 261. The van der Waals surface area contributed by atoms with Crippen LogP contribution in [0.4, 0.5) is 0 Å². The minimum atomic E-state index is -0.404. The third kappa shape index (κ3) is 3.97. The van der Waals surface area contributed by atoms with Crippen LogP contribution in [0.2, 0.25) is 0 Å². The van der Waals surface area contributed by atoms with E-state index >= 15 is 0 Å². The Balaban J connectivity index is 2.49. The second kappa shape index (κ2) is 5.82. The van der Waals surface area contributed by atoms with Gasteiger partial charge >= 0.3 is 0 Å². The minimum absolute atomic E-state index is 0.0755. The highest BCUT2D eigenvalue weighted by Crippen LogP contribution is 2.06. The molecular weight excluding hydrogens is 196 g/mol. The highest BCUT2D eigenvalue weighted by atomic mass is 16.5. The SMILES string of the molecule is CCC(O)Cc1nc(CC(C)OC)no1. The first-order valence-corrected chi connectivity index (χ1v) is 5.18. The van der Waals surface area contributed by atoms with Gasteiger partial charge < -0.3 is 14.4 Å². The summed E-state index contributed by atoms with van der Waals surface area (Å²) in [5.74, 6) is 1.12. The van der Waals surface area contributed by atoms with Crippen LogP contribution in [-0.4, -0.2) is 34.6 Å². The van der Waals surface area contributed by atoms with Crippen molar-refractivity contribution < 1.29 is 14.4 Å². The summed E-state index contributed by atoms with van der Waals surface area (Å²) in [4.78, 5) is 4.17. The lowest BCUT2D eigenvalue weighted by Crippen LogP contribution is -2.11. The van der Waals surface area contributed by atoms with Crippen LogP contribution >= 0.6 is 0 Å². The monoisotopic (exact) mass is 214 g/mol.